The van der Waals surface area contributed by atoms with E-state index < -0.39 is 0 Å². The molecule has 0 fully saturated rings. The van der Waals surface area contributed by atoms with Crippen LogP contribution in [-0.4, -0.2) is 22.0 Å². The van der Waals surface area contributed by atoms with E-state index >= 15 is 0 Å². The van der Waals surface area contributed by atoms with Gasteiger partial charge in [-0.25, -0.2) is 4.39 Å². The third kappa shape index (κ3) is 3.44. The van der Waals surface area contributed by atoms with Gasteiger partial charge in [0.15, 0.2) is 0 Å². The lowest BCUT2D eigenvalue weighted by Gasteiger charge is -2.18. The van der Waals surface area contributed by atoms with Crippen molar-refractivity contribution in [3.8, 4) is 28.5 Å². The van der Waals surface area contributed by atoms with Gasteiger partial charge in [-0.05, 0) is 47.5 Å². The predicted molar refractivity (Wildman–Crippen MR) is 119 cm³/mol. The lowest BCUT2D eigenvalue weighted by atomic mass is 9.95. The molecule has 0 saturated carbocycles. The van der Waals surface area contributed by atoms with E-state index in [1.165, 1.54) is 12.1 Å². The predicted octanol–water partition coefficient (Wildman–Crippen LogP) is 4.56. The van der Waals surface area contributed by atoms with E-state index in [9.17, 15) is 14.4 Å². The number of carbonyl (C=O) groups excluding carboxylic acids is 1. The Bertz CT molecular complexity index is 1350. The molecule has 0 radical (unpaired) electrons. The molecule has 3 heterocycles. The normalized spacial score (nSPS) is 12.7. The summed E-state index contributed by atoms with van der Waals surface area (Å²) in [5.74, 6) is -0.462. The van der Waals surface area contributed by atoms with Crippen molar-refractivity contribution in [2.45, 2.75) is 13.0 Å². The quantitative estimate of drug-likeness (QED) is 0.524. The highest BCUT2D eigenvalue weighted by Crippen LogP contribution is 2.41. The molecule has 156 valence electrons. The van der Waals surface area contributed by atoms with Gasteiger partial charge in [-0.15, -0.1) is 0 Å². The number of nitrogens with one attached hydrogen (secondary N) is 1. The molecule has 1 aliphatic heterocycles. The highest BCUT2D eigenvalue weighted by Gasteiger charge is 2.31. The molecule has 0 aliphatic carbocycles. The number of nitriles is 1. The maximum absolute atomic E-state index is 13.7. The van der Waals surface area contributed by atoms with Crippen LogP contribution < -0.4 is 5.32 Å². The molecule has 1 aliphatic rings. The summed E-state index contributed by atoms with van der Waals surface area (Å²) in [4.78, 5) is 17.2. The number of nitrogens with zero attached hydrogens (tertiary/aromatic N) is 3. The zero-order valence-electron chi connectivity index (χ0n) is 17.2. The van der Waals surface area contributed by atoms with Crippen LogP contribution in [0.4, 0.5) is 4.39 Å². The fourth-order valence-corrected chi connectivity index (χ4v) is 4.36. The fraction of sp³-hybridized carbons (Fsp3) is 0.115. The second kappa shape index (κ2) is 8.12. The SMILES string of the molecule is N#Cc1cccc(Cn2c3c(c(-c4ccc(F)cc4)c2-c2ccncc2)C(=O)NCC3)c1. The first-order chi connectivity index (χ1) is 15.7. The van der Waals surface area contributed by atoms with Gasteiger partial charge in [-0.1, -0.05) is 24.3 Å². The molecule has 0 atom stereocenters. The second-order valence-electron chi connectivity index (χ2n) is 7.69. The zero-order valence-corrected chi connectivity index (χ0v) is 17.2. The summed E-state index contributed by atoms with van der Waals surface area (Å²) < 4.78 is 15.8. The zero-order chi connectivity index (χ0) is 22.1. The minimum atomic E-state index is -0.328. The Morgan fingerprint density at radius 3 is 2.56 bits per heavy atom. The van der Waals surface area contributed by atoms with E-state index in [1.54, 1.807) is 30.6 Å². The van der Waals surface area contributed by atoms with Gasteiger partial charge >= 0.3 is 0 Å². The molecule has 5 rings (SSSR count). The molecule has 2 aromatic heterocycles. The summed E-state index contributed by atoms with van der Waals surface area (Å²) in [5, 5.41) is 12.3. The Hall–Kier alpha value is -4.24. The first-order valence-electron chi connectivity index (χ1n) is 10.3. The third-order valence-electron chi connectivity index (χ3n) is 5.73. The van der Waals surface area contributed by atoms with E-state index in [0.717, 1.165) is 33.6 Å². The highest BCUT2D eigenvalue weighted by atomic mass is 19.1. The monoisotopic (exact) mass is 422 g/mol. The standard InChI is InChI=1S/C26H19FN4O/c27-21-6-4-19(5-7-21)23-24-22(10-13-30-26(24)32)31(25(23)20-8-11-29-12-9-20)16-18-3-1-2-17(14-18)15-28/h1-9,11-12,14H,10,13,16H2,(H,30,32). The summed E-state index contributed by atoms with van der Waals surface area (Å²) in [5.41, 5.74) is 6.45. The van der Waals surface area contributed by atoms with Crippen molar-refractivity contribution < 1.29 is 9.18 Å². The number of pyridine rings is 1. The molecule has 32 heavy (non-hydrogen) atoms. The maximum Gasteiger partial charge on any atom is 0.253 e. The van der Waals surface area contributed by atoms with E-state index in [4.69, 9.17) is 0 Å². The smallest absolute Gasteiger partial charge is 0.253 e. The molecule has 1 amide bonds. The largest absolute Gasteiger partial charge is 0.352 e. The number of rotatable bonds is 4. The summed E-state index contributed by atoms with van der Waals surface area (Å²) >= 11 is 0. The lowest BCUT2D eigenvalue weighted by Crippen LogP contribution is -2.32. The summed E-state index contributed by atoms with van der Waals surface area (Å²) in [6, 6.07) is 19.7. The van der Waals surface area contributed by atoms with Crippen molar-refractivity contribution in [2.75, 3.05) is 6.54 Å². The van der Waals surface area contributed by atoms with Gasteiger partial charge in [0.25, 0.3) is 5.91 Å². The number of amides is 1. The Kier molecular flexibility index (Phi) is 5.00. The van der Waals surface area contributed by atoms with Crippen LogP contribution in [0.3, 0.4) is 0 Å². The van der Waals surface area contributed by atoms with E-state index in [0.29, 0.717) is 30.6 Å². The number of carbonyl (C=O) groups is 1. The van der Waals surface area contributed by atoms with Gasteiger partial charge in [0.2, 0.25) is 0 Å². The summed E-state index contributed by atoms with van der Waals surface area (Å²) in [6.07, 6.45) is 4.12. The van der Waals surface area contributed by atoms with Crippen molar-refractivity contribution in [1.82, 2.24) is 14.9 Å². The molecule has 0 spiro atoms. The van der Waals surface area contributed by atoms with Crippen LogP contribution in [0.2, 0.25) is 0 Å². The van der Waals surface area contributed by atoms with Crippen LogP contribution in [0.25, 0.3) is 22.4 Å². The van der Waals surface area contributed by atoms with Crippen LogP contribution >= 0.6 is 0 Å². The number of hydrogen-bond acceptors (Lipinski definition) is 3. The minimum absolute atomic E-state index is 0.134. The van der Waals surface area contributed by atoms with Crippen LogP contribution in [0.5, 0.6) is 0 Å². The average Bonchev–Trinajstić information content (AvgIpc) is 3.15. The second-order valence-corrected chi connectivity index (χ2v) is 7.69. The topological polar surface area (TPSA) is 70.7 Å². The van der Waals surface area contributed by atoms with Gasteiger partial charge < -0.3 is 9.88 Å². The molecule has 5 nitrogen and oxygen atoms in total. The van der Waals surface area contributed by atoms with Gasteiger partial charge in [0, 0.05) is 48.7 Å². The summed E-state index contributed by atoms with van der Waals surface area (Å²) in [7, 11) is 0. The lowest BCUT2D eigenvalue weighted by molar-refractivity contribution is 0.0946. The molecular formula is C26H19FN4O. The van der Waals surface area contributed by atoms with Crippen LogP contribution in [0.1, 0.15) is 27.2 Å². The maximum atomic E-state index is 13.7. The number of benzene rings is 2. The molecule has 4 aromatic rings. The summed E-state index contributed by atoms with van der Waals surface area (Å²) in [6.45, 7) is 1.05. The van der Waals surface area contributed by atoms with Crippen molar-refractivity contribution in [2.24, 2.45) is 0 Å². The van der Waals surface area contributed by atoms with Crippen molar-refractivity contribution in [3.63, 3.8) is 0 Å². The molecular weight excluding hydrogens is 403 g/mol. The number of aromatic nitrogens is 2. The fourth-order valence-electron chi connectivity index (χ4n) is 4.36. The Balaban J connectivity index is 1.81. The van der Waals surface area contributed by atoms with E-state index in [-0.39, 0.29) is 11.7 Å². The van der Waals surface area contributed by atoms with Crippen LogP contribution in [0.15, 0.2) is 73.1 Å². The number of hydrogen-bond donors (Lipinski definition) is 1. The van der Waals surface area contributed by atoms with Crippen molar-refractivity contribution in [3.05, 3.63) is 101 Å². The molecule has 0 unspecified atom stereocenters. The first-order valence-corrected chi connectivity index (χ1v) is 10.3. The Morgan fingerprint density at radius 1 is 1.03 bits per heavy atom. The molecule has 2 aromatic carbocycles. The van der Waals surface area contributed by atoms with Crippen LogP contribution in [0, 0.1) is 17.1 Å². The van der Waals surface area contributed by atoms with Gasteiger partial charge in [0.1, 0.15) is 5.82 Å². The third-order valence-corrected chi connectivity index (χ3v) is 5.73. The van der Waals surface area contributed by atoms with Crippen LogP contribution in [-0.2, 0) is 13.0 Å². The van der Waals surface area contributed by atoms with Crippen molar-refractivity contribution in [1.29, 1.82) is 5.26 Å². The minimum Gasteiger partial charge on any atom is -0.352 e. The Labute approximate surface area is 184 Å². The first kappa shape index (κ1) is 19.7. The number of fused-ring (bicyclic) bond motifs is 1. The molecule has 0 saturated heterocycles. The van der Waals surface area contributed by atoms with Gasteiger partial charge in [0.05, 0.1) is 22.9 Å². The molecule has 1 N–H and O–H groups in total. The van der Waals surface area contributed by atoms with Crippen molar-refractivity contribution >= 4 is 5.91 Å². The molecule has 0 bridgehead atoms. The van der Waals surface area contributed by atoms with Gasteiger partial charge in [-0.3, -0.25) is 9.78 Å². The van der Waals surface area contributed by atoms with E-state index in [2.05, 4.69) is 20.9 Å². The molecule has 6 heteroatoms. The van der Waals surface area contributed by atoms with Gasteiger partial charge in [-0.2, -0.15) is 5.26 Å². The highest BCUT2D eigenvalue weighted by molar-refractivity contribution is 6.07. The number of halogens is 1. The van der Waals surface area contributed by atoms with E-state index in [1.807, 2.05) is 30.3 Å². The Morgan fingerprint density at radius 2 is 1.81 bits per heavy atom. The average molecular weight is 422 g/mol.